The highest BCUT2D eigenvalue weighted by Crippen LogP contribution is 2.34. The van der Waals surface area contributed by atoms with Gasteiger partial charge < -0.3 is 14.8 Å². The maximum Gasteiger partial charge on any atom is 0.262 e. The van der Waals surface area contributed by atoms with Crippen LogP contribution in [-0.4, -0.2) is 30.7 Å². The van der Waals surface area contributed by atoms with Gasteiger partial charge in [0.15, 0.2) is 11.5 Å². The number of aryl methyl sites for hydroxylation is 1. The molecule has 216 valence electrons. The van der Waals surface area contributed by atoms with Crippen LogP contribution in [0, 0.1) is 12.8 Å². The Balaban J connectivity index is 1.75. The van der Waals surface area contributed by atoms with Crippen molar-refractivity contribution in [1.82, 2.24) is 10.7 Å². The molecule has 0 aromatic heterocycles. The number of nitrogens with one attached hydrogen (secondary N) is 2. The first-order valence-corrected chi connectivity index (χ1v) is 14.1. The molecule has 1 atom stereocenters. The van der Waals surface area contributed by atoms with Crippen LogP contribution in [0.4, 0.5) is 0 Å². The minimum absolute atomic E-state index is 0.169. The second kappa shape index (κ2) is 15.6. The molecule has 41 heavy (non-hydrogen) atoms. The fourth-order valence-corrected chi connectivity index (χ4v) is 4.25. The first-order valence-electron chi connectivity index (χ1n) is 13.7. The average molecular weight is 576 g/mol. The zero-order valence-corrected chi connectivity index (χ0v) is 24.8. The number of rotatable bonds is 14. The van der Waals surface area contributed by atoms with E-state index in [0.29, 0.717) is 48.1 Å². The molecule has 0 aliphatic heterocycles. The molecule has 3 rings (SSSR count). The van der Waals surface area contributed by atoms with Crippen LogP contribution < -0.4 is 20.2 Å². The van der Waals surface area contributed by atoms with Crippen LogP contribution in [0.5, 0.6) is 11.5 Å². The highest BCUT2D eigenvalue weighted by Gasteiger charge is 2.22. The van der Waals surface area contributed by atoms with Gasteiger partial charge in [0.1, 0.15) is 12.6 Å². The van der Waals surface area contributed by atoms with Crippen LogP contribution >= 0.6 is 11.6 Å². The van der Waals surface area contributed by atoms with Crippen molar-refractivity contribution < 1.29 is 19.1 Å². The fraction of sp³-hybridized carbons (Fsp3) is 0.303. The lowest BCUT2D eigenvalue weighted by atomic mass is 10.0. The first kappa shape index (κ1) is 31.4. The van der Waals surface area contributed by atoms with E-state index < -0.39 is 11.9 Å². The van der Waals surface area contributed by atoms with Crippen molar-refractivity contribution in [3.63, 3.8) is 0 Å². The predicted molar refractivity (Wildman–Crippen MR) is 165 cm³/mol. The molecule has 7 nitrogen and oxygen atoms in total. The highest BCUT2D eigenvalue weighted by atomic mass is 35.5. The summed E-state index contributed by atoms with van der Waals surface area (Å²) >= 11 is 5.93. The number of nitrogens with zero attached hydrogens (tertiary/aromatic N) is 1. The molecule has 2 amide bonds. The maximum absolute atomic E-state index is 13.0. The topological polar surface area (TPSA) is 89.0 Å². The zero-order valence-electron chi connectivity index (χ0n) is 24.1. The van der Waals surface area contributed by atoms with Gasteiger partial charge in [0, 0.05) is 16.1 Å². The summed E-state index contributed by atoms with van der Waals surface area (Å²) in [6.07, 6.45) is 4.35. The van der Waals surface area contributed by atoms with Gasteiger partial charge in [-0.15, -0.1) is 6.58 Å². The third kappa shape index (κ3) is 9.80. The van der Waals surface area contributed by atoms with Gasteiger partial charge >= 0.3 is 0 Å². The number of amides is 2. The minimum atomic E-state index is -0.761. The number of ether oxygens (including phenoxy) is 2. The van der Waals surface area contributed by atoms with E-state index in [9.17, 15) is 9.59 Å². The Labute approximate surface area is 247 Å². The lowest BCUT2D eigenvalue weighted by molar-refractivity contribution is -0.123. The molecule has 8 heteroatoms. The average Bonchev–Trinajstić information content (AvgIpc) is 2.93. The van der Waals surface area contributed by atoms with E-state index in [-0.39, 0.29) is 11.8 Å². The number of halogens is 1. The van der Waals surface area contributed by atoms with Crippen LogP contribution in [0.2, 0.25) is 5.02 Å². The number of allylic oxidation sites excluding steroid dienone is 1. The lowest BCUT2D eigenvalue weighted by Gasteiger charge is -2.19. The van der Waals surface area contributed by atoms with Gasteiger partial charge in [0.25, 0.3) is 11.8 Å². The smallest absolute Gasteiger partial charge is 0.262 e. The molecule has 2 N–H and O–H groups in total. The first-order chi connectivity index (χ1) is 19.7. The number of carbonyl (C=O) groups excluding carboxylic acids is 2. The Bertz CT molecular complexity index is 1350. The van der Waals surface area contributed by atoms with Gasteiger partial charge in [-0.3, -0.25) is 9.59 Å². The van der Waals surface area contributed by atoms with E-state index >= 15 is 0 Å². The Kier molecular flexibility index (Phi) is 12.0. The van der Waals surface area contributed by atoms with Crippen molar-refractivity contribution in [2.75, 3.05) is 6.61 Å². The molecule has 0 saturated carbocycles. The number of hydrazone groups is 1. The molecule has 3 aromatic rings. The van der Waals surface area contributed by atoms with E-state index in [1.165, 1.54) is 5.56 Å². The molecule has 3 aromatic carbocycles. The summed E-state index contributed by atoms with van der Waals surface area (Å²) in [4.78, 5) is 25.7. The molecule has 0 heterocycles. The van der Waals surface area contributed by atoms with Crippen LogP contribution in [-0.2, 0) is 17.8 Å². The van der Waals surface area contributed by atoms with E-state index in [0.717, 1.165) is 16.7 Å². The van der Waals surface area contributed by atoms with Gasteiger partial charge in [-0.2, -0.15) is 5.10 Å². The lowest BCUT2D eigenvalue weighted by Crippen LogP contribution is -2.46. The molecular weight excluding hydrogens is 538 g/mol. The van der Waals surface area contributed by atoms with Crippen LogP contribution in [0.1, 0.15) is 59.8 Å². The standard InChI is InChI=1S/C33H38ClN3O4/c1-6-8-27-18-25(19-30(40-7-2)31(27)41-21-24-11-9-23(5)10-12-24)20-35-37-33(39)29(17-22(3)4)36-32(38)26-13-15-28(34)16-14-26/h6,9-16,18-20,22,29H,1,7-8,17,21H2,2-5H3,(H,36,38)(H,37,39). The monoisotopic (exact) mass is 575 g/mol. The van der Waals surface area contributed by atoms with Gasteiger partial charge in [0.05, 0.1) is 12.8 Å². The number of carbonyl (C=O) groups is 2. The van der Waals surface area contributed by atoms with Crippen molar-refractivity contribution in [3.8, 4) is 11.5 Å². The molecular formula is C33H38ClN3O4. The van der Waals surface area contributed by atoms with Crippen molar-refractivity contribution in [2.45, 2.75) is 53.2 Å². The fourth-order valence-electron chi connectivity index (χ4n) is 4.13. The summed E-state index contributed by atoms with van der Waals surface area (Å²) in [5.74, 6) is 0.632. The van der Waals surface area contributed by atoms with E-state index in [1.54, 1.807) is 36.6 Å². The summed E-state index contributed by atoms with van der Waals surface area (Å²) in [5, 5.41) is 7.52. The third-order valence-corrected chi connectivity index (χ3v) is 6.40. The Morgan fingerprint density at radius 1 is 1.05 bits per heavy atom. The second-order valence-corrected chi connectivity index (χ2v) is 10.5. The summed E-state index contributed by atoms with van der Waals surface area (Å²) < 4.78 is 12.1. The summed E-state index contributed by atoms with van der Waals surface area (Å²) in [6.45, 7) is 12.7. The summed E-state index contributed by atoms with van der Waals surface area (Å²) in [7, 11) is 0. The molecule has 0 spiro atoms. The molecule has 0 aliphatic rings. The molecule has 0 fully saturated rings. The maximum atomic E-state index is 13.0. The SMILES string of the molecule is C=CCc1cc(C=NNC(=O)C(CC(C)C)NC(=O)c2ccc(Cl)cc2)cc(OCC)c1OCc1ccc(C)cc1. The van der Waals surface area contributed by atoms with Crippen molar-refractivity contribution in [2.24, 2.45) is 11.0 Å². The molecule has 0 radical (unpaired) electrons. The highest BCUT2D eigenvalue weighted by molar-refractivity contribution is 6.30. The molecule has 1 unspecified atom stereocenters. The van der Waals surface area contributed by atoms with E-state index in [1.807, 2.05) is 52.0 Å². The van der Waals surface area contributed by atoms with Gasteiger partial charge in [-0.05, 0) is 80.1 Å². The van der Waals surface area contributed by atoms with Crippen molar-refractivity contribution in [3.05, 3.63) is 106 Å². The largest absolute Gasteiger partial charge is 0.490 e. The van der Waals surface area contributed by atoms with Gasteiger partial charge in [0.2, 0.25) is 0 Å². The normalized spacial score (nSPS) is 11.8. The van der Waals surface area contributed by atoms with E-state index in [4.69, 9.17) is 21.1 Å². The van der Waals surface area contributed by atoms with Crippen LogP contribution in [0.25, 0.3) is 0 Å². The number of hydrogen-bond donors (Lipinski definition) is 2. The quantitative estimate of drug-likeness (QED) is 0.128. The third-order valence-electron chi connectivity index (χ3n) is 6.15. The van der Waals surface area contributed by atoms with E-state index in [2.05, 4.69) is 34.6 Å². The Hall–Kier alpha value is -4.10. The number of benzene rings is 3. The molecule has 0 aliphatic carbocycles. The zero-order chi connectivity index (χ0) is 29.8. The van der Waals surface area contributed by atoms with Crippen LogP contribution in [0.15, 0.2) is 78.4 Å². The minimum Gasteiger partial charge on any atom is -0.490 e. The number of hydrogen-bond acceptors (Lipinski definition) is 5. The van der Waals surface area contributed by atoms with Crippen molar-refractivity contribution >= 4 is 29.6 Å². The van der Waals surface area contributed by atoms with Crippen molar-refractivity contribution in [1.29, 1.82) is 0 Å². The summed E-state index contributed by atoms with van der Waals surface area (Å²) in [6, 6.07) is 17.7. The van der Waals surface area contributed by atoms with Crippen LogP contribution in [0.3, 0.4) is 0 Å². The second-order valence-electron chi connectivity index (χ2n) is 10.1. The Morgan fingerprint density at radius 2 is 1.76 bits per heavy atom. The predicted octanol–water partition coefficient (Wildman–Crippen LogP) is 6.65. The summed E-state index contributed by atoms with van der Waals surface area (Å²) in [5.41, 5.74) is 6.84. The molecule has 0 bridgehead atoms. The van der Waals surface area contributed by atoms with Gasteiger partial charge in [-0.25, -0.2) is 5.43 Å². The molecule has 0 saturated heterocycles. The van der Waals surface area contributed by atoms with Gasteiger partial charge in [-0.1, -0.05) is 61.4 Å². The Morgan fingerprint density at radius 3 is 2.39 bits per heavy atom.